The monoisotopic (exact) mass is 243 g/mol. The van der Waals surface area contributed by atoms with Crippen molar-refractivity contribution in [3.8, 4) is 0 Å². The molecule has 0 heterocycles. The maximum absolute atomic E-state index is 10.7. The maximum atomic E-state index is 10.7. The molecule has 0 aromatic rings. The van der Waals surface area contributed by atoms with Crippen LogP contribution in [-0.2, 0) is 4.79 Å². The van der Waals surface area contributed by atoms with Gasteiger partial charge in [-0.05, 0) is 25.8 Å². The van der Waals surface area contributed by atoms with Crippen LogP contribution in [0.25, 0.3) is 0 Å². The van der Waals surface area contributed by atoms with Crippen molar-refractivity contribution in [2.45, 2.75) is 65.8 Å². The Hall–Kier alpha value is -0.570. The van der Waals surface area contributed by atoms with Crippen LogP contribution in [0.2, 0.25) is 0 Å². The summed E-state index contributed by atoms with van der Waals surface area (Å²) in [5, 5.41) is 12.1. The first-order chi connectivity index (χ1) is 7.95. The van der Waals surface area contributed by atoms with E-state index in [1.54, 1.807) is 6.92 Å². The highest BCUT2D eigenvalue weighted by molar-refractivity contribution is 5.70. The van der Waals surface area contributed by atoms with E-state index in [9.17, 15) is 4.79 Å². The Bertz CT molecular complexity index is 204. The number of carboxylic acid groups (broad SMARTS) is 1. The lowest BCUT2D eigenvalue weighted by Gasteiger charge is -2.17. The molecule has 0 saturated heterocycles. The Kier molecular flexibility index (Phi) is 9.14. The van der Waals surface area contributed by atoms with Gasteiger partial charge in [0.2, 0.25) is 0 Å². The zero-order chi connectivity index (χ0) is 13.3. The van der Waals surface area contributed by atoms with Crippen LogP contribution in [0.4, 0.5) is 0 Å². The number of hydrogen-bond donors (Lipinski definition) is 2. The lowest BCUT2D eigenvalue weighted by Crippen LogP contribution is -2.36. The molecule has 0 aromatic heterocycles. The molecule has 102 valence electrons. The zero-order valence-corrected chi connectivity index (χ0v) is 11.8. The number of nitrogens with one attached hydrogen (secondary N) is 1. The Labute approximate surface area is 106 Å². The predicted molar refractivity (Wildman–Crippen MR) is 72.2 cm³/mol. The molecule has 0 bridgehead atoms. The molecule has 3 nitrogen and oxygen atoms in total. The first-order valence-electron chi connectivity index (χ1n) is 6.91. The largest absolute Gasteiger partial charge is 0.481 e. The minimum absolute atomic E-state index is 0.0585. The molecule has 0 aliphatic carbocycles. The second-order valence-electron chi connectivity index (χ2n) is 5.47. The van der Waals surface area contributed by atoms with Gasteiger partial charge in [0.1, 0.15) is 0 Å². The molecule has 0 saturated carbocycles. The Balaban J connectivity index is 3.36. The third kappa shape index (κ3) is 9.16. The molecule has 2 atom stereocenters. The smallest absolute Gasteiger partial charge is 0.307 e. The number of hydrogen-bond acceptors (Lipinski definition) is 2. The highest BCUT2D eigenvalue weighted by atomic mass is 16.4. The Morgan fingerprint density at radius 1 is 1.06 bits per heavy atom. The van der Waals surface area contributed by atoms with E-state index >= 15 is 0 Å². The summed E-state index contributed by atoms with van der Waals surface area (Å²) in [6, 6.07) is 0.0585. The van der Waals surface area contributed by atoms with Crippen molar-refractivity contribution in [2.75, 3.05) is 6.54 Å². The van der Waals surface area contributed by atoms with E-state index < -0.39 is 5.97 Å². The number of unbranched alkanes of at least 4 members (excludes halogenated alkanes) is 3. The fourth-order valence-corrected chi connectivity index (χ4v) is 1.75. The van der Waals surface area contributed by atoms with Crippen LogP contribution in [0, 0.1) is 11.8 Å². The van der Waals surface area contributed by atoms with E-state index in [0.717, 1.165) is 18.9 Å². The van der Waals surface area contributed by atoms with Crippen molar-refractivity contribution in [1.29, 1.82) is 0 Å². The van der Waals surface area contributed by atoms with Crippen LogP contribution in [0.5, 0.6) is 0 Å². The molecular formula is C14H29NO2. The van der Waals surface area contributed by atoms with Crippen LogP contribution in [0.3, 0.4) is 0 Å². The van der Waals surface area contributed by atoms with Gasteiger partial charge < -0.3 is 10.4 Å². The lowest BCUT2D eigenvalue weighted by molar-refractivity contribution is -0.141. The van der Waals surface area contributed by atoms with Gasteiger partial charge in [0.15, 0.2) is 0 Å². The summed E-state index contributed by atoms with van der Waals surface area (Å²) in [5.74, 6) is -0.220. The van der Waals surface area contributed by atoms with Crippen molar-refractivity contribution >= 4 is 5.97 Å². The van der Waals surface area contributed by atoms with Crippen molar-refractivity contribution in [3.05, 3.63) is 0 Å². The minimum Gasteiger partial charge on any atom is -0.481 e. The van der Waals surface area contributed by atoms with Gasteiger partial charge in [-0.15, -0.1) is 0 Å². The van der Waals surface area contributed by atoms with Crippen molar-refractivity contribution in [2.24, 2.45) is 11.8 Å². The summed E-state index contributed by atoms with van der Waals surface area (Å²) < 4.78 is 0. The first-order valence-corrected chi connectivity index (χ1v) is 6.91. The highest BCUT2D eigenvalue weighted by Crippen LogP contribution is 2.09. The molecule has 0 fully saturated rings. The summed E-state index contributed by atoms with van der Waals surface area (Å²) in [5.41, 5.74) is 0. The molecule has 0 amide bonds. The van der Waals surface area contributed by atoms with E-state index in [4.69, 9.17) is 5.11 Å². The number of aliphatic carboxylic acids is 1. The van der Waals surface area contributed by atoms with Crippen molar-refractivity contribution < 1.29 is 9.90 Å². The minimum atomic E-state index is -0.720. The molecule has 17 heavy (non-hydrogen) atoms. The van der Waals surface area contributed by atoms with Crippen LogP contribution < -0.4 is 5.32 Å². The van der Waals surface area contributed by atoms with Crippen LogP contribution in [0.15, 0.2) is 0 Å². The Morgan fingerprint density at radius 2 is 1.65 bits per heavy atom. The summed E-state index contributed by atoms with van der Waals surface area (Å²) >= 11 is 0. The molecule has 3 heteroatoms. The van der Waals surface area contributed by atoms with Crippen LogP contribution in [-0.4, -0.2) is 23.7 Å². The number of carboxylic acids is 1. The van der Waals surface area contributed by atoms with E-state index in [-0.39, 0.29) is 12.0 Å². The average Bonchev–Trinajstić information content (AvgIpc) is 2.25. The normalized spacial score (nSPS) is 14.9. The molecule has 0 aromatic carbocycles. The van der Waals surface area contributed by atoms with Gasteiger partial charge in [0.05, 0.1) is 5.92 Å². The molecule has 0 aliphatic heterocycles. The Morgan fingerprint density at radius 3 is 2.18 bits per heavy atom. The number of carbonyl (C=O) groups is 1. The molecule has 0 spiro atoms. The summed E-state index contributed by atoms with van der Waals surface area (Å²) in [7, 11) is 0. The lowest BCUT2D eigenvalue weighted by atomic mass is 10.0. The van der Waals surface area contributed by atoms with Gasteiger partial charge in [-0.3, -0.25) is 4.79 Å². The second-order valence-corrected chi connectivity index (χ2v) is 5.47. The van der Waals surface area contributed by atoms with Crippen LogP contribution >= 0.6 is 0 Å². The fourth-order valence-electron chi connectivity index (χ4n) is 1.75. The van der Waals surface area contributed by atoms with E-state index in [1.807, 2.05) is 6.92 Å². The predicted octanol–water partition coefficient (Wildman–Crippen LogP) is 3.29. The van der Waals surface area contributed by atoms with E-state index in [2.05, 4.69) is 19.2 Å². The molecule has 0 radical (unpaired) electrons. The van der Waals surface area contributed by atoms with Gasteiger partial charge in [-0.1, -0.05) is 46.5 Å². The zero-order valence-electron chi connectivity index (χ0n) is 11.8. The van der Waals surface area contributed by atoms with Gasteiger partial charge in [0.25, 0.3) is 0 Å². The average molecular weight is 243 g/mol. The highest BCUT2D eigenvalue weighted by Gasteiger charge is 2.17. The van der Waals surface area contributed by atoms with Crippen molar-refractivity contribution in [1.82, 2.24) is 5.32 Å². The van der Waals surface area contributed by atoms with E-state index in [0.29, 0.717) is 0 Å². The third-order valence-corrected chi connectivity index (χ3v) is 3.31. The van der Waals surface area contributed by atoms with Gasteiger partial charge in [0, 0.05) is 6.04 Å². The first kappa shape index (κ1) is 16.4. The molecule has 0 aliphatic rings. The third-order valence-electron chi connectivity index (χ3n) is 3.31. The molecular weight excluding hydrogens is 214 g/mol. The summed E-state index contributed by atoms with van der Waals surface area (Å²) in [6.45, 7) is 9.15. The van der Waals surface area contributed by atoms with Gasteiger partial charge >= 0.3 is 5.97 Å². The molecule has 2 unspecified atom stereocenters. The topological polar surface area (TPSA) is 49.3 Å². The fraction of sp³-hybridized carbons (Fsp3) is 0.929. The molecule has 0 rings (SSSR count). The maximum Gasteiger partial charge on any atom is 0.307 e. The van der Waals surface area contributed by atoms with Gasteiger partial charge in [-0.25, -0.2) is 0 Å². The summed E-state index contributed by atoms with van der Waals surface area (Å²) in [4.78, 5) is 10.7. The summed E-state index contributed by atoms with van der Waals surface area (Å²) in [6.07, 6.45) is 6.32. The number of rotatable bonds is 10. The standard InChI is InChI=1S/C14H29NO2/c1-11(2)9-7-5-6-8-10-15-13(4)12(3)14(16)17/h11-13,15H,5-10H2,1-4H3,(H,16,17). The SMILES string of the molecule is CC(C)CCCCCCNC(C)C(C)C(=O)O. The quantitative estimate of drug-likeness (QED) is 0.579. The van der Waals surface area contributed by atoms with Crippen molar-refractivity contribution in [3.63, 3.8) is 0 Å². The molecule has 2 N–H and O–H groups in total. The van der Waals surface area contributed by atoms with Crippen LogP contribution in [0.1, 0.15) is 59.8 Å². The second kappa shape index (κ2) is 9.46. The van der Waals surface area contributed by atoms with Gasteiger partial charge in [-0.2, -0.15) is 0 Å². The van der Waals surface area contributed by atoms with E-state index in [1.165, 1.54) is 25.7 Å².